The van der Waals surface area contributed by atoms with E-state index >= 15 is 0 Å². The Labute approximate surface area is 76.7 Å². The molecule has 1 fully saturated rings. The highest BCUT2D eigenvalue weighted by Gasteiger charge is 2.36. The van der Waals surface area contributed by atoms with Crippen LogP contribution in [-0.2, 0) is 0 Å². The molecule has 0 bridgehead atoms. The summed E-state index contributed by atoms with van der Waals surface area (Å²) >= 11 is 0. The molecule has 1 amide bonds. The highest BCUT2D eigenvalue weighted by Crippen LogP contribution is 2.40. The zero-order chi connectivity index (χ0) is 8.84. The van der Waals surface area contributed by atoms with Crippen molar-refractivity contribution in [2.75, 3.05) is 6.54 Å². The van der Waals surface area contributed by atoms with Crippen molar-refractivity contribution in [3.8, 4) is 0 Å². The summed E-state index contributed by atoms with van der Waals surface area (Å²) in [7, 11) is 0. The van der Waals surface area contributed by atoms with Crippen LogP contribution in [0.2, 0.25) is 0 Å². The van der Waals surface area contributed by atoms with Gasteiger partial charge in [0, 0.05) is 12.7 Å². The molecule has 68 valence electrons. The van der Waals surface area contributed by atoms with Gasteiger partial charge in [0.25, 0.3) is 5.91 Å². The van der Waals surface area contributed by atoms with E-state index in [4.69, 9.17) is 0 Å². The Morgan fingerprint density at radius 2 is 2.31 bits per heavy atom. The molecule has 2 heterocycles. The molecule has 1 atom stereocenters. The summed E-state index contributed by atoms with van der Waals surface area (Å²) in [6.45, 7) is 0.811. The molecule has 0 spiro atoms. The minimum atomic E-state index is 0.0712. The minimum absolute atomic E-state index is 0.0712. The van der Waals surface area contributed by atoms with Gasteiger partial charge in [0.1, 0.15) is 5.69 Å². The van der Waals surface area contributed by atoms with Crippen LogP contribution in [0.3, 0.4) is 0 Å². The Bertz CT molecular complexity index is 352. The molecule has 0 aromatic carbocycles. The SMILES string of the molecule is O=C1NCC(C2CC2)n2cccc21. The zero-order valence-electron chi connectivity index (χ0n) is 7.36. The van der Waals surface area contributed by atoms with Crippen LogP contribution in [0.4, 0.5) is 0 Å². The van der Waals surface area contributed by atoms with Gasteiger partial charge in [-0.2, -0.15) is 0 Å². The third-order valence-corrected chi connectivity index (χ3v) is 3.01. The Morgan fingerprint density at radius 1 is 1.46 bits per heavy atom. The standard InChI is InChI=1S/C10H12N2O/c13-10-8-2-1-5-12(8)9(6-11-10)7-3-4-7/h1-2,5,7,9H,3-4,6H2,(H,11,13). The van der Waals surface area contributed by atoms with Crippen LogP contribution < -0.4 is 5.32 Å². The van der Waals surface area contributed by atoms with Gasteiger partial charge in [-0.1, -0.05) is 0 Å². The topological polar surface area (TPSA) is 34.0 Å². The van der Waals surface area contributed by atoms with Crippen LogP contribution in [0.1, 0.15) is 29.4 Å². The van der Waals surface area contributed by atoms with Gasteiger partial charge in [-0.15, -0.1) is 0 Å². The molecule has 13 heavy (non-hydrogen) atoms. The summed E-state index contributed by atoms with van der Waals surface area (Å²) in [4.78, 5) is 11.4. The highest BCUT2D eigenvalue weighted by molar-refractivity contribution is 5.93. The fourth-order valence-corrected chi connectivity index (χ4v) is 2.14. The van der Waals surface area contributed by atoms with Crippen molar-refractivity contribution in [2.45, 2.75) is 18.9 Å². The van der Waals surface area contributed by atoms with Gasteiger partial charge in [0.15, 0.2) is 0 Å². The van der Waals surface area contributed by atoms with Gasteiger partial charge in [-0.05, 0) is 30.9 Å². The molecule has 3 heteroatoms. The second-order valence-electron chi connectivity index (χ2n) is 3.92. The lowest BCUT2D eigenvalue weighted by Crippen LogP contribution is -2.39. The van der Waals surface area contributed by atoms with Crippen molar-refractivity contribution >= 4 is 5.91 Å². The average Bonchev–Trinajstić information content (AvgIpc) is 2.83. The summed E-state index contributed by atoms with van der Waals surface area (Å²) in [5, 5.41) is 2.94. The van der Waals surface area contributed by atoms with Gasteiger partial charge in [-0.3, -0.25) is 4.79 Å². The second-order valence-corrected chi connectivity index (χ2v) is 3.92. The van der Waals surface area contributed by atoms with Crippen LogP contribution in [-0.4, -0.2) is 17.0 Å². The zero-order valence-corrected chi connectivity index (χ0v) is 7.36. The van der Waals surface area contributed by atoms with Crippen molar-refractivity contribution in [1.29, 1.82) is 0 Å². The van der Waals surface area contributed by atoms with Gasteiger partial charge in [-0.25, -0.2) is 0 Å². The molecule has 1 aromatic rings. The summed E-state index contributed by atoms with van der Waals surface area (Å²) in [6, 6.07) is 4.36. The number of hydrogen-bond donors (Lipinski definition) is 1. The first-order chi connectivity index (χ1) is 6.36. The number of hydrogen-bond acceptors (Lipinski definition) is 1. The molecule has 1 aliphatic heterocycles. The van der Waals surface area contributed by atoms with Crippen LogP contribution in [0.25, 0.3) is 0 Å². The fourth-order valence-electron chi connectivity index (χ4n) is 2.14. The lowest BCUT2D eigenvalue weighted by atomic mass is 10.1. The van der Waals surface area contributed by atoms with Crippen LogP contribution in [0.5, 0.6) is 0 Å². The first-order valence-corrected chi connectivity index (χ1v) is 4.81. The first kappa shape index (κ1) is 7.18. The molecule has 1 N–H and O–H groups in total. The third-order valence-electron chi connectivity index (χ3n) is 3.01. The van der Waals surface area contributed by atoms with E-state index in [1.54, 1.807) is 0 Å². The maximum absolute atomic E-state index is 11.4. The minimum Gasteiger partial charge on any atom is -0.349 e. The average molecular weight is 176 g/mol. The number of carbonyl (C=O) groups excluding carboxylic acids is 1. The van der Waals surface area contributed by atoms with Gasteiger partial charge >= 0.3 is 0 Å². The number of nitrogens with zero attached hydrogens (tertiary/aromatic N) is 1. The lowest BCUT2D eigenvalue weighted by molar-refractivity contribution is 0.0911. The predicted molar refractivity (Wildman–Crippen MR) is 48.5 cm³/mol. The van der Waals surface area contributed by atoms with Crippen LogP contribution in [0.15, 0.2) is 18.3 Å². The predicted octanol–water partition coefficient (Wildman–Crippen LogP) is 1.18. The van der Waals surface area contributed by atoms with Gasteiger partial charge in [0.05, 0.1) is 6.04 Å². The first-order valence-electron chi connectivity index (χ1n) is 4.81. The molecule has 3 nitrogen and oxygen atoms in total. The molecule has 0 saturated heterocycles. The van der Waals surface area contributed by atoms with E-state index < -0.39 is 0 Å². The number of nitrogens with one attached hydrogen (secondary N) is 1. The number of aromatic nitrogens is 1. The molecule has 1 aliphatic carbocycles. The number of fused-ring (bicyclic) bond motifs is 1. The van der Waals surface area contributed by atoms with E-state index in [0.29, 0.717) is 6.04 Å². The summed E-state index contributed by atoms with van der Waals surface area (Å²) in [5.74, 6) is 0.869. The molecular formula is C10H12N2O. The quantitative estimate of drug-likeness (QED) is 0.685. The maximum Gasteiger partial charge on any atom is 0.267 e. The molecule has 0 radical (unpaired) electrons. The monoisotopic (exact) mass is 176 g/mol. The highest BCUT2D eigenvalue weighted by atomic mass is 16.2. The van der Waals surface area contributed by atoms with Crippen molar-refractivity contribution in [2.24, 2.45) is 5.92 Å². The van der Waals surface area contributed by atoms with Crippen LogP contribution >= 0.6 is 0 Å². The Morgan fingerprint density at radius 3 is 3.08 bits per heavy atom. The molecule has 2 aliphatic rings. The van der Waals surface area contributed by atoms with Crippen molar-refractivity contribution < 1.29 is 4.79 Å². The van der Waals surface area contributed by atoms with Crippen molar-refractivity contribution in [3.63, 3.8) is 0 Å². The number of rotatable bonds is 1. The molecule has 1 unspecified atom stereocenters. The largest absolute Gasteiger partial charge is 0.349 e. The Hall–Kier alpha value is -1.25. The van der Waals surface area contributed by atoms with Crippen molar-refractivity contribution in [3.05, 3.63) is 24.0 Å². The van der Waals surface area contributed by atoms with E-state index in [0.717, 1.165) is 18.2 Å². The van der Waals surface area contributed by atoms with Gasteiger partial charge in [0.2, 0.25) is 0 Å². The van der Waals surface area contributed by atoms with Gasteiger partial charge < -0.3 is 9.88 Å². The molecule has 1 saturated carbocycles. The fraction of sp³-hybridized carbons (Fsp3) is 0.500. The normalized spacial score (nSPS) is 26.8. The number of amides is 1. The maximum atomic E-state index is 11.4. The van der Waals surface area contributed by atoms with Crippen molar-refractivity contribution in [1.82, 2.24) is 9.88 Å². The molecule has 1 aromatic heterocycles. The van der Waals surface area contributed by atoms with E-state index in [-0.39, 0.29) is 5.91 Å². The van der Waals surface area contributed by atoms with E-state index in [1.165, 1.54) is 12.8 Å². The summed E-state index contributed by atoms with van der Waals surface area (Å²) in [6.07, 6.45) is 4.66. The Kier molecular flexibility index (Phi) is 1.31. The second kappa shape index (κ2) is 2.37. The third kappa shape index (κ3) is 0.996. The van der Waals surface area contributed by atoms with E-state index in [9.17, 15) is 4.79 Å². The van der Waals surface area contributed by atoms with E-state index in [2.05, 4.69) is 9.88 Å². The van der Waals surface area contributed by atoms with E-state index in [1.807, 2.05) is 18.3 Å². The molecular weight excluding hydrogens is 164 g/mol. The Balaban J connectivity index is 2.03. The number of carbonyl (C=O) groups is 1. The summed E-state index contributed by atoms with van der Waals surface area (Å²) < 4.78 is 2.14. The smallest absolute Gasteiger partial charge is 0.267 e. The molecule has 3 rings (SSSR count). The lowest BCUT2D eigenvalue weighted by Gasteiger charge is -2.26. The van der Waals surface area contributed by atoms with Crippen LogP contribution in [0, 0.1) is 5.92 Å². The summed E-state index contributed by atoms with van der Waals surface area (Å²) in [5.41, 5.74) is 0.822.